The molecule has 2 amide bonds. The van der Waals surface area contributed by atoms with Crippen molar-refractivity contribution in [3.63, 3.8) is 0 Å². The number of Topliss-reactive ketones (excluding diaryl/α,β-unsaturated/α-hetero) is 2. The molecule has 2 aliphatic heterocycles. The molecule has 12 heteroatoms. The molecule has 2 aliphatic carbocycles. The van der Waals surface area contributed by atoms with E-state index in [1.54, 1.807) is 77.9 Å². The number of amides is 2. The number of nitrogens with zero attached hydrogens (tertiary/aromatic N) is 2. The van der Waals surface area contributed by atoms with Crippen molar-refractivity contribution in [2.75, 3.05) is 13.2 Å². The number of ketones is 2. The average Bonchev–Trinajstić information content (AvgIpc) is 3.76. The Hall–Kier alpha value is -5.52. The van der Waals surface area contributed by atoms with E-state index < -0.39 is 66.4 Å². The minimum atomic E-state index is -0.862. The fourth-order valence-electron chi connectivity index (χ4n) is 8.21. The third kappa shape index (κ3) is 7.53. The molecule has 1 unspecified atom stereocenters. The molecule has 6 atom stereocenters. The van der Waals surface area contributed by atoms with Gasteiger partial charge in [-0.2, -0.15) is 0 Å². The number of ether oxygens (including phenoxy) is 4. The van der Waals surface area contributed by atoms with Crippen LogP contribution in [0.3, 0.4) is 0 Å². The van der Waals surface area contributed by atoms with E-state index in [9.17, 15) is 28.8 Å². The lowest BCUT2D eigenvalue weighted by atomic mass is 9.94. The maximum absolute atomic E-state index is 13.5. The molecule has 0 spiro atoms. The Labute approximate surface area is 326 Å². The zero-order valence-electron chi connectivity index (χ0n) is 33.0. The number of likely N-dealkylation sites (tertiary alicyclic amines) is 2. The second-order valence-electron chi connectivity index (χ2n) is 17.2. The first-order valence-corrected chi connectivity index (χ1v) is 19.1. The van der Waals surface area contributed by atoms with Gasteiger partial charge >= 0.3 is 24.1 Å². The van der Waals surface area contributed by atoms with Gasteiger partial charge in [0, 0.05) is 23.6 Å². The van der Waals surface area contributed by atoms with Crippen molar-refractivity contribution < 1.29 is 47.7 Å². The standard InChI is InChI=1S/C44H48N2O10/c1-23-31-19-33(45(37(23)31)41(51)55-43(3,4)5)39(49)53-21-35(47)26-17-15-25(16-18-26)27-11-9-13-29-28(27)12-10-14-30(29)36(48)22-54-40(50)34-20-32-24(2)38(32)46(34)42(52)56-44(6,7)8/h9-18,23,31,33-34,37-38H,19-22H2,1-8H3/t23-,31+,33?,34+,37-,38-/m1/s1. The predicted octanol–water partition coefficient (Wildman–Crippen LogP) is 7.31. The Kier molecular flexibility index (Phi) is 9.83. The number of hydrogen-bond donors (Lipinski definition) is 0. The molecular weight excluding hydrogens is 716 g/mol. The number of fused-ring (bicyclic) bond motifs is 3. The van der Waals surface area contributed by atoms with Crippen molar-refractivity contribution in [1.29, 1.82) is 0 Å². The Morgan fingerprint density at radius 2 is 1.27 bits per heavy atom. The summed E-state index contributed by atoms with van der Waals surface area (Å²) < 4.78 is 22.1. The highest BCUT2D eigenvalue weighted by atomic mass is 16.6. The number of rotatable bonds is 9. The number of carbonyl (C=O) groups excluding carboxylic acids is 6. The third-order valence-electron chi connectivity index (χ3n) is 11.0. The zero-order chi connectivity index (χ0) is 40.4. The first-order valence-electron chi connectivity index (χ1n) is 19.1. The van der Waals surface area contributed by atoms with E-state index in [0.717, 1.165) is 27.7 Å². The summed E-state index contributed by atoms with van der Waals surface area (Å²) in [5, 5.41) is 1.45. The lowest BCUT2D eigenvalue weighted by molar-refractivity contribution is -0.148. The van der Waals surface area contributed by atoms with Crippen LogP contribution in [0.2, 0.25) is 0 Å². The third-order valence-corrected chi connectivity index (χ3v) is 11.0. The topological polar surface area (TPSA) is 146 Å². The summed E-state index contributed by atoms with van der Waals surface area (Å²) in [6.45, 7) is 13.6. The first-order chi connectivity index (χ1) is 26.3. The SMILES string of the molecule is CC1=C2C[C@@H](C(=O)OCC(=O)c3cccc4c(-c5ccc(C(=O)COC(=O)C6C[C@H]7[C@@H](C)[C@H]7N6C(=O)OC(C)(C)C)cc5)cccc34)N(C(=O)OC(C)(C)C)[C@H]12. The van der Waals surface area contributed by atoms with E-state index in [4.69, 9.17) is 18.9 Å². The highest BCUT2D eigenvalue weighted by molar-refractivity contribution is 6.12. The van der Waals surface area contributed by atoms with Crippen LogP contribution in [-0.4, -0.2) is 94.1 Å². The maximum Gasteiger partial charge on any atom is 0.411 e. The molecule has 2 saturated heterocycles. The second kappa shape index (κ2) is 14.2. The Morgan fingerprint density at radius 3 is 1.91 bits per heavy atom. The van der Waals surface area contributed by atoms with Crippen molar-refractivity contribution in [3.8, 4) is 11.1 Å². The molecule has 12 nitrogen and oxygen atoms in total. The monoisotopic (exact) mass is 764 g/mol. The molecule has 4 aliphatic rings. The Balaban J connectivity index is 0.983. The predicted molar refractivity (Wildman–Crippen MR) is 206 cm³/mol. The van der Waals surface area contributed by atoms with Crippen molar-refractivity contribution in [2.24, 2.45) is 11.8 Å². The molecule has 2 heterocycles. The molecule has 0 N–H and O–H groups in total. The van der Waals surface area contributed by atoms with Crippen LogP contribution in [-0.2, 0) is 28.5 Å². The van der Waals surface area contributed by atoms with Crippen LogP contribution in [0.15, 0.2) is 71.8 Å². The largest absolute Gasteiger partial charge is 0.456 e. The van der Waals surface area contributed by atoms with Gasteiger partial charge in [-0.3, -0.25) is 19.4 Å². The van der Waals surface area contributed by atoms with Crippen LogP contribution in [0.5, 0.6) is 0 Å². The molecule has 0 aromatic heterocycles. The average molecular weight is 765 g/mol. The van der Waals surface area contributed by atoms with Crippen LogP contribution in [0.4, 0.5) is 9.59 Å². The molecule has 0 radical (unpaired) electrons. The molecule has 3 aromatic rings. The van der Waals surface area contributed by atoms with Crippen molar-refractivity contribution in [3.05, 3.63) is 82.9 Å². The summed E-state index contributed by atoms with van der Waals surface area (Å²) in [6, 6.07) is 15.8. The number of hydrogen-bond acceptors (Lipinski definition) is 10. The van der Waals surface area contributed by atoms with E-state index in [1.807, 2.05) is 38.1 Å². The van der Waals surface area contributed by atoms with E-state index in [1.165, 1.54) is 9.80 Å². The van der Waals surface area contributed by atoms with E-state index >= 15 is 0 Å². The fraction of sp³-hybridized carbons (Fsp3) is 0.455. The summed E-state index contributed by atoms with van der Waals surface area (Å²) in [6.07, 6.45) is -0.318. The van der Waals surface area contributed by atoms with Gasteiger partial charge in [-0.25, -0.2) is 19.2 Å². The van der Waals surface area contributed by atoms with Crippen LogP contribution in [0.25, 0.3) is 21.9 Å². The van der Waals surface area contributed by atoms with Crippen LogP contribution in [0, 0.1) is 11.8 Å². The smallest absolute Gasteiger partial charge is 0.411 e. The zero-order valence-corrected chi connectivity index (χ0v) is 33.0. The molecular formula is C44H48N2O10. The summed E-state index contributed by atoms with van der Waals surface area (Å²) >= 11 is 0. The summed E-state index contributed by atoms with van der Waals surface area (Å²) in [4.78, 5) is 81.8. The summed E-state index contributed by atoms with van der Waals surface area (Å²) in [5.41, 5.74) is 2.95. The van der Waals surface area contributed by atoms with Gasteiger partial charge in [-0.15, -0.1) is 0 Å². The van der Waals surface area contributed by atoms with Gasteiger partial charge < -0.3 is 18.9 Å². The second-order valence-corrected chi connectivity index (χ2v) is 17.2. The quantitative estimate of drug-likeness (QED) is 0.0941. The normalized spacial score (nSPS) is 23.6. The molecule has 0 bridgehead atoms. The highest BCUT2D eigenvalue weighted by Gasteiger charge is 2.63. The minimum Gasteiger partial charge on any atom is -0.456 e. The van der Waals surface area contributed by atoms with E-state index in [0.29, 0.717) is 29.4 Å². The summed E-state index contributed by atoms with van der Waals surface area (Å²) in [7, 11) is 0. The van der Waals surface area contributed by atoms with Gasteiger partial charge in [0.25, 0.3) is 0 Å². The van der Waals surface area contributed by atoms with Crippen LogP contribution < -0.4 is 0 Å². The number of carbonyl (C=O) groups is 6. The molecule has 294 valence electrons. The molecule has 3 fully saturated rings. The molecule has 7 rings (SSSR count). The van der Waals surface area contributed by atoms with Gasteiger partial charge in [0.2, 0.25) is 5.78 Å². The van der Waals surface area contributed by atoms with E-state index in [-0.39, 0.29) is 29.7 Å². The molecule has 56 heavy (non-hydrogen) atoms. The minimum absolute atomic E-state index is 0.0696. The van der Waals surface area contributed by atoms with E-state index in [2.05, 4.69) is 0 Å². The van der Waals surface area contributed by atoms with Gasteiger partial charge in [0.1, 0.15) is 23.3 Å². The fourth-order valence-corrected chi connectivity index (χ4v) is 8.21. The van der Waals surface area contributed by atoms with Gasteiger partial charge in [-0.05, 0) is 99.8 Å². The highest BCUT2D eigenvalue weighted by Crippen LogP contribution is 2.53. The summed E-state index contributed by atoms with van der Waals surface area (Å²) in [5.74, 6) is -1.58. The molecule has 3 aromatic carbocycles. The Bertz CT molecular complexity index is 2180. The molecule has 1 saturated carbocycles. The van der Waals surface area contributed by atoms with Crippen LogP contribution >= 0.6 is 0 Å². The van der Waals surface area contributed by atoms with Crippen molar-refractivity contribution >= 4 is 46.5 Å². The van der Waals surface area contributed by atoms with Crippen molar-refractivity contribution in [1.82, 2.24) is 9.80 Å². The lowest BCUT2D eigenvalue weighted by Crippen LogP contribution is -2.47. The lowest BCUT2D eigenvalue weighted by Gasteiger charge is -2.30. The maximum atomic E-state index is 13.5. The number of benzene rings is 3. The number of piperidine rings is 1. The van der Waals surface area contributed by atoms with Gasteiger partial charge in [0.15, 0.2) is 19.0 Å². The van der Waals surface area contributed by atoms with Gasteiger partial charge in [-0.1, -0.05) is 67.6 Å². The first kappa shape index (κ1) is 38.7. The number of esters is 2. The van der Waals surface area contributed by atoms with Crippen molar-refractivity contribution in [2.45, 2.75) is 104 Å². The Morgan fingerprint density at radius 1 is 0.696 bits per heavy atom. The van der Waals surface area contributed by atoms with Crippen LogP contribution in [0.1, 0.15) is 88.9 Å². The van der Waals surface area contributed by atoms with Gasteiger partial charge in [0.05, 0.1) is 6.04 Å².